The van der Waals surface area contributed by atoms with E-state index in [1.54, 1.807) is 0 Å². The Kier molecular flexibility index (Phi) is 5.46. The summed E-state index contributed by atoms with van der Waals surface area (Å²) in [7, 11) is 2.53. The molecular formula is C13H18O4. The van der Waals surface area contributed by atoms with Gasteiger partial charge >= 0.3 is 11.9 Å². The topological polar surface area (TPSA) is 52.6 Å². The van der Waals surface area contributed by atoms with Gasteiger partial charge in [-0.2, -0.15) is 0 Å². The summed E-state index contributed by atoms with van der Waals surface area (Å²) in [6, 6.07) is 0. The van der Waals surface area contributed by atoms with E-state index >= 15 is 0 Å². The summed E-state index contributed by atoms with van der Waals surface area (Å²) in [5.41, 5.74) is 1.26. The molecule has 0 fully saturated rings. The average Bonchev–Trinajstić information content (AvgIpc) is 2.86. The van der Waals surface area contributed by atoms with Gasteiger partial charge in [-0.15, -0.1) is 0 Å². The summed E-state index contributed by atoms with van der Waals surface area (Å²) in [4.78, 5) is 22.7. The van der Waals surface area contributed by atoms with Crippen LogP contribution in [0.2, 0.25) is 0 Å². The van der Waals surface area contributed by atoms with E-state index in [9.17, 15) is 9.59 Å². The van der Waals surface area contributed by atoms with Crippen LogP contribution in [0.4, 0.5) is 0 Å². The fraction of sp³-hybridized carbons (Fsp3) is 0.538. The first kappa shape index (κ1) is 13.5. The number of methoxy groups -OCH3 is 2. The van der Waals surface area contributed by atoms with E-state index in [0.717, 1.165) is 12.8 Å². The summed E-state index contributed by atoms with van der Waals surface area (Å²) in [5, 5.41) is 0. The largest absolute Gasteiger partial charge is 0.468 e. The summed E-state index contributed by atoms with van der Waals surface area (Å²) in [6.45, 7) is 0. The van der Waals surface area contributed by atoms with Gasteiger partial charge < -0.3 is 9.47 Å². The van der Waals surface area contributed by atoms with Crippen LogP contribution in [0, 0.1) is 5.92 Å². The zero-order chi connectivity index (χ0) is 12.7. The quantitative estimate of drug-likeness (QED) is 0.543. The van der Waals surface area contributed by atoms with Crippen molar-refractivity contribution in [1.82, 2.24) is 0 Å². The number of hydrogen-bond acceptors (Lipinski definition) is 4. The lowest BCUT2D eigenvalue weighted by atomic mass is 10.0. The van der Waals surface area contributed by atoms with Crippen LogP contribution in [0.15, 0.2) is 23.8 Å². The minimum absolute atomic E-state index is 0.316. The third-order valence-electron chi connectivity index (χ3n) is 2.75. The first-order valence-corrected chi connectivity index (χ1v) is 5.70. The van der Waals surface area contributed by atoms with Crippen LogP contribution in [0.5, 0.6) is 0 Å². The first-order chi connectivity index (χ1) is 8.19. The Balaban J connectivity index is 2.54. The third-order valence-corrected chi connectivity index (χ3v) is 2.75. The van der Waals surface area contributed by atoms with Crippen molar-refractivity contribution in [2.45, 2.75) is 25.7 Å². The zero-order valence-electron chi connectivity index (χ0n) is 10.3. The molecule has 0 N–H and O–H groups in total. The van der Waals surface area contributed by atoms with Crippen molar-refractivity contribution in [3.8, 4) is 0 Å². The zero-order valence-corrected chi connectivity index (χ0v) is 10.3. The lowest BCUT2D eigenvalue weighted by molar-refractivity contribution is -0.158. The highest BCUT2D eigenvalue weighted by Crippen LogP contribution is 2.19. The van der Waals surface area contributed by atoms with Gasteiger partial charge in [0.25, 0.3) is 0 Å². The van der Waals surface area contributed by atoms with Gasteiger partial charge in [-0.1, -0.05) is 23.8 Å². The Morgan fingerprint density at radius 2 is 2.00 bits per heavy atom. The molecule has 0 unspecified atom stereocenters. The Hall–Kier alpha value is -1.58. The van der Waals surface area contributed by atoms with Crippen LogP contribution in [0.3, 0.4) is 0 Å². The van der Waals surface area contributed by atoms with Crippen LogP contribution in [-0.2, 0) is 19.1 Å². The van der Waals surface area contributed by atoms with E-state index in [0.29, 0.717) is 6.42 Å². The molecule has 0 atom stereocenters. The standard InChI is InChI=1S/C13H18O4/c1-16-12(14)11(13(15)17-2)9-5-8-10-6-3-4-7-10/h5-6,8,11H,3-4,7,9H2,1-2H3/b8-5+. The minimum Gasteiger partial charge on any atom is -0.468 e. The predicted molar refractivity (Wildman–Crippen MR) is 63.2 cm³/mol. The van der Waals surface area contributed by atoms with Gasteiger partial charge in [-0.3, -0.25) is 9.59 Å². The van der Waals surface area contributed by atoms with Crippen LogP contribution < -0.4 is 0 Å². The SMILES string of the molecule is COC(=O)C(C/C=C/C1=CCCC1)C(=O)OC. The molecule has 0 saturated carbocycles. The molecule has 0 aliphatic heterocycles. The molecule has 4 heteroatoms. The van der Waals surface area contributed by atoms with Gasteiger partial charge in [0.2, 0.25) is 0 Å². The van der Waals surface area contributed by atoms with E-state index in [1.807, 2.05) is 12.2 Å². The molecule has 17 heavy (non-hydrogen) atoms. The molecule has 0 radical (unpaired) electrons. The van der Waals surface area contributed by atoms with Crippen LogP contribution in [0.25, 0.3) is 0 Å². The molecule has 1 aliphatic carbocycles. The molecule has 94 valence electrons. The molecular weight excluding hydrogens is 220 g/mol. The summed E-state index contributed by atoms with van der Waals surface area (Å²) < 4.78 is 9.14. The maximum absolute atomic E-state index is 11.4. The van der Waals surface area contributed by atoms with E-state index in [-0.39, 0.29) is 0 Å². The van der Waals surface area contributed by atoms with Crippen molar-refractivity contribution in [1.29, 1.82) is 0 Å². The Morgan fingerprint density at radius 3 is 2.47 bits per heavy atom. The maximum Gasteiger partial charge on any atom is 0.320 e. The lowest BCUT2D eigenvalue weighted by Crippen LogP contribution is -2.25. The molecule has 0 spiro atoms. The second kappa shape index (κ2) is 6.89. The van der Waals surface area contributed by atoms with Crippen molar-refractivity contribution in [3.05, 3.63) is 23.8 Å². The number of hydrogen-bond donors (Lipinski definition) is 0. The Bertz CT molecular complexity index is 325. The van der Waals surface area contributed by atoms with Crippen LogP contribution in [0.1, 0.15) is 25.7 Å². The van der Waals surface area contributed by atoms with E-state index in [4.69, 9.17) is 0 Å². The monoisotopic (exact) mass is 238 g/mol. The number of carbonyl (C=O) groups excluding carboxylic acids is 2. The fourth-order valence-electron chi connectivity index (χ4n) is 1.78. The number of carbonyl (C=O) groups is 2. The number of allylic oxidation sites excluding steroid dienone is 4. The number of esters is 2. The van der Waals surface area contributed by atoms with Crippen molar-refractivity contribution < 1.29 is 19.1 Å². The molecule has 0 saturated heterocycles. The molecule has 1 rings (SSSR count). The van der Waals surface area contributed by atoms with E-state index in [1.165, 1.54) is 26.2 Å². The fourth-order valence-corrected chi connectivity index (χ4v) is 1.78. The van der Waals surface area contributed by atoms with Crippen molar-refractivity contribution >= 4 is 11.9 Å². The van der Waals surface area contributed by atoms with E-state index in [2.05, 4.69) is 15.5 Å². The minimum atomic E-state index is -0.858. The lowest BCUT2D eigenvalue weighted by Gasteiger charge is -2.09. The smallest absolute Gasteiger partial charge is 0.320 e. The van der Waals surface area contributed by atoms with Gasteiger partial charge in [-0.05, 0) is 25.7 Å². The molecule has 1 aliphatic rings. The van der Waals surface area contributed by atoms with E-state index < -0.39 is 17.9 Å². The molecule has 0 heterocycles. The highest BCUT2D eigenvalue weighted by Gasteiger charge is 2.27. The molecule has 0 aromatic rings. The molecule has 0 aromatic heterocycles. The second-order valence-electron chi connectivity index (χ2n) is 3.91. The van der Waals surface area contributed by atoms with Crippen molar-refractivity contribution in [2.24, 2.45) is 5.92 Å². The predicted octanol–water partition coefficient (Wildman–Crippen LogP) is 2.01. The Labute approximate surface area is 101 Å². The average molecular weight is 238 g/mol. The number of ether oxygens (including phenoxy) is 2. The maximum atomic E-state index is 11.4. The second-order valence-corrected chi connectivity index (χ2v) is 3.91. The van der Waals surface area contributed by atoms with Crippen molar-refractivity contribution in [2.75, 3.05) is 14.2 Å². The third kappa shape index (κ3) is 4.06. The molecule has 4 nitrogen and oxygen atoms in total. The first-order valence-electron chi connectivity index (χ1n) is 5.70. The van der Waals surface area contributed by atoms with Crippen LogP contribution in [-0.4, -0.2) is 26.2 Å². The highest BCUT2D eigenvalue weighted by atomic mass is 16.5. The van der Waals surface area contributed by atoms with Gasteiger partial charge in [0.05, 0.1) is 14.2 Å². The number of rotatable bonds is 5. The van der Waals surface area contributed by atoms with Gasteiger partial charge in [0.15, 0.2) is 5.92 Å². The van der Waals surface area contributed by atoms with Crippen LogP contribution >= 0.6 is 0 Å². The van der Waals surface area contributed by atoms with Gasteiger partial charge in [-0.25, -0.2) is 0 Å². The summed E-state index contributed by atoms with van der Waals surface area (Å²) in [6.07, 6.45) is 9.63. The Morgan fingerprint density at radius 1 is 1.35 bits per heavy atom. The van der Waals surface area contributed by atoms with Gasteiger partial charge in [0, 0.05) is 0 Å². The summed E-state index contributed by atoms with van der Waals surface area (Å²) in [5.74, 6) is -1.97. The normalized spacial score (nSPS) is 15.1. The molecule has 0 bridgehead atoms. The molecule has 0 amide bonds. The van der Waals surface area contributed by atoms with Gasteiger partial charge in [0.1, 0.15) is 0 Å². The van der Waals surface area contributed by atoms with Crippen molar-refractivity contribution in [3.63, 3.8) is 0 Å². The highest BCUT2D eigenvalue weighted by molar-refractivity contribution is 5.94. The molecule has 0 aromatic carbocycles. The summed E-state index contributed by atoms with van der Waals surface area (Å²) >= 11 is 0.